The molecule has 0 atom stereocenters. The minimum absolute atomic E-state index is 0.0470. The summed E-state index contributed by atoms with van der Waals surface area (Å²) >= 11 is 0. The van der Waals surface area contributed by atoms with Crippen molar-refractivity contribution in [2.45, 2.75) is 59.4 Å². The van der Waals surface area contributed by atoms with E-state index >= 15 is 0 Å². The van der Waals surface area contributed by atoms with Crippen LogP contribution in [0.5, 0.6) is 0 Å². The monoisotopic (exact) mass is 361 g/mol. The van der Waals surface area contributed by atoms with Crippen LogP contribution in [0.2, 0.25) is 0 Å². The smallest absolute Gasteiger partial charge is 0.234 e. The van der Waals surface area contributed by atoms with Gasteiger partial charge in [0.2, 0.25) is 11.8 Å². The van der Waals surface area contributed by atoms with Gasteiger partial charge in [-0.05, 0) is 50.8 Å². The third-order valence-corrected chi connectivity index (χ3v) is 4.08. The molecule has 0 saturated carbocycles. The number of benzene rings is 1. The topological polar surface area (TPSA) is 61.4 Å². The standard InChI is InChI=1S/C21H35N3O2/c1-7-24(15-20(26)23-21(4,5)6)14-19(25)22-13-12-17-8-10-18(11-9-17)16(2)3/h8-11,16H,7,12-15H2,1-6H3,(H,22,25)(H,23,26). The largest absolute Gasteiger partial charge is 0.355 e. The molecule has 0 unspecified atom stereocenters. The number of nitrogens with one attached hydrogen (secondary N) is 2. The molecule has 0 saturated heterocycles. The minimum atomic E-state index is -0.260. The van der Waals surface area contributed by atoms with Gasteiger partial charge in [-0.1, -0.05) is 45.0 Å². The quantitative estimate of drug-likeness (QED) is 0.711. The van der Waals surface area contributed by atoms with Gasteiger partial charge in [0, 0.05) is 12.1 Å². The van der Waals surface area contributed by atoms with E-state index in [2.05, 4.69) is 48.7 Å². The molecule has 1 aromatic carbocycles. The average molecular weight is 362 g/mol. The minimum Gasteiger partial charge on any atom is -0.355 e. The van der Waals surface area contributed by atoms with Gasteiger partial charge in [0.05, 0.1) is 13.1 Å². The highest BCUT2D eigenvalue weighted by Crippen LogP contribution is 2.14. The van der Waals surface area contributed by atoms with Gasteiger partial charge in [-0.3, -0.25) is 14.5 Å². The molecule has 0 heterocycles. The molecule has 0 aliphatic heterocycles. The lowest BCUT2D eigenvalue weighted by Gasteiger charge is -2.24. The highest BCUT2D eigenvalue weighted by Gasteiger charge is 2.17. The van der Waals surface area contributed by atoms with Crippen molar-refractivity contribution in [3.8, 4) is 0 Å². The zero-order valence-corrected chi connectivity index (χ0v) is 17.2. The van der Waals surface area contributed by atoms with Crippen molar-refractivity contribution in [2.24, 2.45) is 0 Å². The number of rotatable bonds is 9. The fraction of sp³-hybridized carbons (Fsp3) is 0.619. The molecule has 0 aliphatic carbocycles. The summed E-state index contributed by atoms with van der Waals surface area (Å²) in [5.41, 5.74) is 2.28. The van der Waals surface area contributed by atoms with E-state index in [1.54, 1.807) is 0 Å². The molecule has 2 amide bonds. The number of carbonyl (C=O) groups is 2. The fourth-order valence-electron chi connectivity index (χ4n) is 2.61. The first kappa shape index (κ1) is 22.2. The van der Waals surface area contributed by atoms with Crippen LogP contribution in [0, 0.1) is 0 Å². The van der Waals surface area contributed by atoms with Crippen LogP contribution < -0.4 is 10.6 Å². The van der Waals surface area contributed by atoms with E-state index in [9.17, 15) is 9.59 Å². The average Bonchev–Trinajstić information content (AvgIpc) is 2.52. The summed E-state index contributed by atoms with van der Waals surface area (Å²) in [6, 6.07) is 8.54. The maximum atomic E-state index is 12.1. The van der Waals surface area contributed by atoms with Gasteiger partial charge >= 0.3 is 0 Å². The number of nitrogens with zero attached hydrogens (tertiary/aromatic N) is 1. The van der Waals surface area contributed by atoms with Crippen molar-refractivity contribution in [3.05, 3.63) is 35.4 Å². The van der Waals surface area contributed by atoms with Gasteiger partial charge in [0.1, 0.15) is 0 Å². The Hall–Kier alpha value is -1.88. The van der Waals surface area contributed by atoms with Crippen molar-refractivity contribution in [1.29, 1.82) is 0 Å². The predicted octanol–water partition coefficient (Wildman–Crippen LogP) is 2.71. The van der Waals surface area contributed by atoms with Gasteiger partial charge in [-0.25, -0.2) is 0 Å². The first-order valence-corrected chi connectivity index (χ1v) is 9.49. The molecule has 0 fully saturated rings. The highest BCUT2D eigenvalue weighted by atomic mass is 16.2. The van der Waals surface area contributed by atoms with E-state index < -0.39 is 0 Å². The third kappa shape index (κ3) is 8.99. The normalized spacial score (nSPS) is 11.7. The second-order valence-corrected chi connectivity index (χ2v) is 8.10. The van der Waals surface area contributed by atoms with Crippen LogP contribution in [0.4, 0.5) is 0 Å². The molecule has 5 heteroatoms. The third-order valence-electron chi connectivity index (χ3n) is 4.08. The van der Waals surface area contributed by atoms with Crippen LogP contribution in [0.15, 0.2) is 24.3 Å². The van der Waals surface area contributed by atoms with Gasteiger partial charge < -0.3 is 10.6 Å². The van der Waals surface area contributed by atoms with Gasteiger partial charge in [-0.15, -0.1) is 0 Å². The second-order valence-electron chi connectivity index (χ2n) is 8.10. The molecule has 5 nitrogen and oxygen atoms in total. The SMILES string of the molecule is CCN(CC(=O)NCCc1ccc(C(C)C)cc1)CC(=O)NC(C)(C)C. The number of likely N-dealkylation sites (N-methyl/N-ethyl adjacent to an activating group) is 1. The maximum Gasteiger partial charge on any atom is 0.234 e. The second kappa shape index (κ2) is 10.3. The molecule has 146 valence electrons. The lowest BCUT2D eigenvalue weighted by atomic mass is 10.0. The van der Waals surface area contributed by atoms with Crippen LogP contribution in [0.1, 0.15) is 58.6 Å². The van der Waals surface area contributed by atoms with Crippen LogP contribution in [0.3, 0.4) is 0 Å². The molecular weight excluding hydrogens is 326 g/mol. The Morgan fingerprint density at radius 1 is 1.04 bits per heavy atom. The lowest BCUT2D eigenvalue weighted by Crippen LogP contribution is -2.48. The Bertz CT molecular complexity index is 574. The van der Waals surface area contributed by atoms with E-state index in [-0.39, 0.29) is 30.4 Å². The van der Waals surface area contributed by atoms with E-state index in [1.165, 1.54) is 11.1 Å². The predicted molar refractivity (Wildman–Crippen MR) is 107 cm³/mol. The van der Waals surface area contributed by atoms with Crippen LogP contribution in [-0.2, 0) is 16.0 Å². The summed E-state index contributed by atoms with van der Waals surface area (Å²) in [6.07, 6.45) is 0.806. The van der Waals surface area contributed by atoms with Crippen molar-refractivity contribution < 1.29 is 9.59 Å². The molecular formula is C21H35N3O2. The molecule has 1 aromatic rings. The molecule has 0 aromatic heterocycles. The van der Waals surface area contributed by atoms with Gasteiger partial charge in [0.15, 0.2) is 0 Å². The van der Waals surface area contributed by atoms with Gasteiger partial charge in [0.25, 0.3) is 0 Å². The van der Waals surface area contributed by atoms with Crippen molar-refractivity contribution in [2.75, 3.05) is 26.2 Å². The first-order valence-electron chi connectivity index (χ1n) is 9.49. The Morgan fingerprint density at radius 2 is 1.62 bits per heavy atom. The summed E-state index contributed by atoms with van der Waals surface area (Å²) in [5.74, 6) is 0.422. The summed E-state index contributed by atoms with van der Waals surface area (Å²) in [7, 11) is 0. The van der Waals surface area contributed by atoms with Crippen LogP contribution in [-0.4, -0.2) is 48.4 Å². The zero-order valence-electron chi connectivity index (χ0n) is 17.2. The van der Waals surface area contributed by atoms with E-state index in [4.69, 9.17) is 0 Å². The molecule has 2 N–H and O–H groups in total. The molecule has 0 bridgehead atoms. The summed E-state index contributed by atoms with van der Waals surface area (Å²) in [4.78, 5) is 26.0. The summed E-state index contributed by atoms with van der Waals surface area (Å²) in [6.45, 7) is 13.9. The van der Waals surface area contributed by atoms with Crippen molar-refractivity contribution in [3.63, 3.8) is 0 Å². The zero-order chi connectivity index (χ0) is 19.7. The van der Waals surface area contributed by atoms with Crippen LogP contribution in [0.25, 0.3) is 0 Å². The maximum absolute atomic E-state index is 12.1. The van der Waals surface area contributed by atoms with Crippen molar-refractivity contribution >= 4 is 11.8 Å². The lowest BCUT2D eigenvalue weighted by molar-refractivity contribution is -0.125. The molecule has 0 aliphatic rings. The summed E-state index contributed by atoms with van der Waals surface area (Å²) in [5, 5.41) is 5.86. The van der Waals surface area contributed by atoms with E-state index in [0.717, 1.165) is 6.42 Å². The van der Waals surface area contributed by atoms with E-state index in [1.807, 2.05) is 32.6 Å². The fourth-order valence-corrected chi connectivity index (χ4v) is 2.61. The summed E-state index contributed by atoms with van der Waals surface area (Å²) < 4.78 is 0. The first-order chi connectivity index (χ1) is 12.1. The molecule has 1 rings (SSSR count). The van der Waals surface area contributed by atoms with Gasteiger partial charge in [-0.2, -0.15) is 0 Å². The molecule has 0 radical (unpaired) electrons. The van der Waals surface area contributed by atoms with Crippen molar-refractivity contribution in [1.82, 2.24) is 15.5 Å². The Labute approximate surface area is 158 Å². The highest BCUT2D eigenvalue weighted by molar-refractivity contribution is 5.81. The van der Waals surface area contributed by atoms with Crippen LogP contribution >= 0.6 is 0 Å². The number of carbonyl (C=O) groups excluding carboxylic acids is 2. The Morgan fingerprint density at radius 3 is 2.12 bits per heavy atom. The van der Waals surface area contributed by atoms with E-state index in [0.29, 0.717) is 19.0 Å². The number of amides is 2. The Balaban J connectivity index is 2.36. The number of hydrogen-bond donors (Lipinski definition) is 2. The molecule has 26 heavy (non-hydrogen) atoms. The Kier molecular flexibility index (Phi) is 8.79. The number of hydrogen-bond acceptors (Lipinski definition) is 3. The molecule has 0 spiro atoms.